The average Bonchev–Trinajstić information content (AvgIpc) is 2.90. The van der Waals surface area contributed by atoms with Gasteiger partial charge in [0.15, 0.2) is 5.79 Å². The summed E-state index contributed by atoms with van der Waals surface area (Å²) in [6, 6.07) is 0.438. The zero-order valence-corrected chi connectivity index (χ0v) is 9.61. The Morgan fingerprint density at radius 1 is 1.19 bits per heavy atom. The second-order valence-electron chi connectivity index (χ2n) is 5.03. The molecule has 0 bridgehead atoms. The van der Waals surface area contributed by atoms with Crippen molar-refractivity contribution >= 4 is 5.91 Å². The Morgan fingerprint density at radius 2 is 1.88 bits per heavy atom. The summed E-state index contributed by atoms with van der Waals surface area (Å²) in [6.07, 6.45) is 5.74. The molecule has 4 nitrogen and oxygen atoms in total. The monoisotopic (exact) mass is 225 g/mol. The lowest BCUT2D eigenvalue weighted by molar-refractivity contribution is -0.184. The van der Waals surface area contributed by atoms with E-state index in [0.717, 1.165) is 58.3 Å². The third-order valence-corrected chi connectivity index (χ3v) is 4.08. The summed E-state index contributed by atoms with van der Waals surface area (Å²) in [5.41, 5.74) is 0. The lowest BCUT2D eigenvalue weighted by atomic mass is 9.89. The molecule has 0 radical (unpaired) electrons. The number of carbonyl (C=O) groups excluding carboxylic acids is 1. The van der Waals surface area contributed by atoms with Crippen LogP contribution < -0.4 is 0 Å². The molecule has 16 heavy (non-hydrogen) atoms. The number of ether oxygens (including phenoxy) is 2. The summed E-state index contributed by atoms with van der Waals surface area (Å²) in [6.45, 7) is 2.42. The third kappa shape index (κ3) is 1.74. The largest absolute Gasteiger partial charge is 0.348 e. The molecular formula is C12H19NO3. The summed E-state index contributed by atoms with van der Waals surface area (Å²) in [5, 5.41) is 0. The van der Waals surface area contributed by atoms with Gasteiger partial charge in [-0.25, -0.2) is 0 Å². The first-order valence-electron chi connectivity index (χ1n) is 6.36. The van der Waals surface area contributed by atoms with Gasteiger partial charge in [-0.05, 0) is 19.3 Å². The lowest BCUT2D eigenvalue weighted by Gasteiger charge is -2.39. The first-order valence-corrected chi connectivity index (χ1v) is 6.36. The van der Waals surface area contributed by atoms with Crippen molar-refractivity contribution in [1.82, 2.24) is 4.90 Å². The minimum absolute atomic E-state index is 0.292. The van der Waals surface area contributed by atoms with Gasteiger partial charge in [0.25, 0.3) is 0 Å². The number of amides is 1. The van der Waals surface area contributed by atoms with Crippen molar-refractivity contribution in [1.29, 1.82) is 0 Å². The molecule has 2 heterocycles. The highest BCUT2D eigenvalue weighted by atomic mass is 16.7. The topological polar surface area (TPSA) is 38.8 Å². The molecule has 0 aromatic carbocycles. The van der Waals surface area contributed by atoms with Crippen LogP contribution in [0.3, 0.4) is 0 Å². The Labute approximate surface area is 95.9 Å². The fourth-order valence-electron chi connectivity index (χ4n) is 3.19. The van der Waals surface area contributed by atoms with E-state index in [1.165, 1.54) is 0 Å². The van der Waals surface area contributed by atoms with Crippen LogP contribution in [0.15, 0.2) is 0 Å². The zero-order valence-electron chi connectivity index (χ0n) is 9.61. The maximum atomic E-state index is 11.6. The van der Waals surface area contributed by atoms with Crippen LogP contribution in [0.1, 0.15) is 38.5 Å². The highest BCUT2D eigenvalue weighted by molar-refractivity contribution is 5.78. The predicted octanol–water partition coefficient (Wildman–Crippen LogP) is 1.29. The van der Waals surface area contributed by atoms with Crippen LogP contribution in [0.5, 0.6) is 0 Å². The average molecular weight is 225 g/mol. The molecule has 2 saturated heterocycles. The van der Waals surface area contributed by atoms with Crippen LogP contribution in [-0.2, 0) is 14.3 Å². The van der Waals surface area contributed by atoms with E-state index in [0.29, 0.717) is 11.9 Å². The SMILES string of the molecule is O=C1CCCN1C1CCC2(CC1)OCCO2. The van der Waals surface area contributed by atoms with Gasteiger partial charge in [0.1, 0.15) is 0 Å². The second kappa shape index (κ2) is 4.00. The Morgan fingerprint density at radius 3 is 2.44 bits per heavy atom. The quantitative estimate of drug-likeness (QED) is 0.675. The van der Waals surface area contributed by atoms with Crippen LogP contribution in [0.2, 0.25) is 0 Å². The minimum Gasteiger partial charge on any atom is -0.348 e. The third-order valence-electron chi connectivity index (χ3n) is 4.08. The van der Waals surface area contributed by atoms with Crippen molar-refractivity contribution < 1.29 is 14.3 Å². The van der Waals surface area contributed by atoms with E-state index in [2.05, 4.69) is 4.90 Å². The highest BCUT2D eigenvalue weighted by Gasteiger charge is 2.42. The van der Waals surface area contributed by atoms with Gasteiger partial charge in [-0.15, -0.1) is 0 Å². The van der Waals surface area contributed by atoms with Crippen molar-refractivity contribution in [2.24, 2.45) is 0 Å². The molecule has 0 aromatic rings. The van der Waals surface area contributed by atoms with Crippen LogP contribution in [-0.4, -0.2) is 42.4 Å². The Hall–Kier alpha value is -0.610. The van der Waals surface area contributed by atoms with Crippen LogP contribution >= 0.6 is 0 Å². The maximum Gasteiger partial charge on any atom is 0.222 e. The van der Waals surface area contributed by atoms with E-state index in [1.807, 2.05) is 0 Å². The van der Waals surface area contributed by atoms with Crippen LogP contribution in [0, 0.1) is 0 Å². The summed E-state index contributed by atoms with van der Waals surface area (Å²) in [5.74, 6) is 0.0495. The molecule has 1 spiro atoms. The standard InChI is InChI=1S/C12H19NO3/c14-11-2-1-7-13(11)10-3-5-12(6-4-10)15-8-9-16-12/h10H,1-9H2. The zero-order chi connectivity index (χ0) is 11.0. The van der Waals surface area contributed by atoms with E-state index >= 15 is 0 Å². The highest BCUT2D eigenvalue weighted by Crippen LogP contribution is 2.38. The van der Waals surface area contributed by atoms with Gasteiger partial charge >= 0.3 is 0 Å². The van der Waals surface area contributed by atoms with Gasteiger partial charge in [0.05, 0.1) is 13.2 Å². The molecular weight excluding hydrogens is 206 g/mol. The van der Waals surface area contributed by atoms with Crippen molar-refractivity contribution in [3.05, 3.63) is 0 Å². The number of rotatable bonds is 1. The van der Waals surface area contributed by atoms with Crippen molar-refractivity contribution in [3.8, 4) is 0 Å². The first-order chi connectivity index (χ1) is 7.79. The van der Waals surface area contributed by atoms with E-state index in [-0.39, 0.29) is 5.79 Å². The molecule has 2 aliphatic heterocycles. The molecule has 1 amide bonds. The van der Waals surface area contributed by atoms with Gasteiger partial charge in [-0.3, -0.25) is 4.79 Å². The molecule has 0 aromatic heterocycles. The van der Waals surface area contributed by atoms with Crippen molar-refractivity contribution in [2.45, 2.75) is 50.4 Å². The predicted molar refractivity (Wildman–Crippen MR) is 57.8 cm³/mol. The van der Waals surface area contributed by atoms with E-state index < -0.39 is 0 Å². The summed E-state index contributed by atoms with van der Waals surface area (Å²) in [7, 11) is 0. The molecule has 0 atom stereocenters. The van der Waals surface area contributed by atoms with E-state index in [1.54, 1.807) is 0 Å². The molecule has 3 rings (SSSR count). The smallest absolute Gasteiger partial charge is 0.222 e. The molecule has 3 aliphatic rings. The number of likely N-dealkylation sites (tertiary alicyclic amines) is 1. The second-order valence-corrected chi connectivity index (χ2v) is 5.03. The Balaban J connectivity index is 1.59. The van der Waals surface area contributed by atoms with Crippen LogP contribution in [0.25, 0.3) is 0 Å². The van der Waals surface area contributed by atoms with Gasteiger partial charge < -0.3 is 14.4 Å². The van der Waals surface area contributed by atoms with E-state index in [9.17, 15) is 4.79 Å². The van der Waals surface area contributed by atoms with Gasteiger partial charge in [-0.1, -0.05) is 0 Å². The van der Waals surface area contributed by atoms with Crippen LogP contribution in [0.4, 0.5) is 0 Å². The minimum atomic E-state index is -0.292. The number of carbonyl (C=O) groups is 1. The molecule has 4 heteroatoms. The Kier molecular flexibility index (Phi) is 2.64. The summed E-state index contributed by atoms with van der Waals surface area (Å²) in [4.78, 5) is 13.7. The molecule has 1 aliphatic carbocycles. The lowest BCUT2D eigenvalue weighted by Crippen LogP contribution is -2.44. The Bertz CT molecular complexity index is 276. The molecule has 0 unspecified atom stereocenters. The fourth-order valence-corrected chi connectivity index (χ4v) is 3.19. The van der Waals surface area contributed by atoms with E-state index in [4.69, 9.17) is 9.47 Å². The fraction of sp³-hybridized carbons (Fsp3) is 0.917. The van der Waals surface area contributed by atoms with Gasteiger partial charge in [-0.2, -0.15) is 0 Å². The van der Waals surface area contributed by atoms with Crippen molar-refractivity contribution in [2.75, 3.05) is 19.8 Å². The van der Waals surface area contributed by atoms with Crippen molar-refractivity contribution in [3.63, 3.8) is 0 Å². The maximum absolute atomic E-state index is 11.6. The molecule has 1 saturated carbocycles. The normalized spacial score (nSPS) is 30.5. The summed E-state index contributed by atoms with van der Waals surface area (Å²) >= 11 is 0. The molecule has 0 N–H and O–H groups in total. The van der Waals surface area contributed by atoms with Gasteiger partial charge in [0, 0.05) is 31.8 Å². The summed E-state index contributed by atoms with van der Waals surface area (Å²) < 4.78 is 11.4. The molecule has 3 fully saturated rings. The molecule has 90 valence electrons. The van der Waals surface area contributed by atoms with Gasteiger partial charge in [0.2, 0.25) is 5.91 Å². The number of nitrogens with zero attached hydrogens (tertiary/aromatic N) is 1. The first kappa shape index (κ1) is 10.5. The number of hydrogen-bond acceptors (Lipinski definition) is 3. The number of hydrogen-bond donors (Lipinski definition) is 0.